The second-order valence-electron chi connectivity index (χ2n) is 5.25. The van der Waals surface area contributed by atoms with Crippen molar-refractivity contribution in [3.05, 3.63) is 60.0 Å². The number of ether oxygens (including phenoxy) is 2. The highest BCUT2D eigenvalue weighted by molar-refractivity contribution is 5.89. The molecule has 0 aliphatic carbocycles. The van der Waals surface area contributed by atoms with Crippen molar-refractivity contribution in [2.75, 3.05) is 14.2 Å². The number of pyridine rings is 1. The van der Waals surface area contributed by atoms with Gasteiger partial charge < -0.3 is 14.5 Å². The van der Waals surface area contributed by atoms with Gasteiger partial charge in [-0.1, -0.05) is 18.2 Å². The van der Waals surface area contributed by atoms with E-state index in [0.29, 0.717) is 0 Å². The normalized spacial score (nSPS) is 12.1. The second-order valence-corrected chi connectivity index (χ2v) is 5.25. The monoisotopic (exact) mass is 310 g/mol. The molecule has 2 aromatic heterocycles. The van der Waals surface area contributed by atoms with Crippen LogP contribution in [-0.2, 0) is 9.53 Å². The highest BCUT2D eigenvalue weighted by Gasteiger charge is 2.22. The molecule has 3 rings (SSSR count). The van der Waals surface area contributed by atoms with E-state index in [2.05, 4.69) is 9.97 Å². The van der Waals surface area contributed by atoms with Crippen LogP contribution >= 0.6 is 0 Å². The number of carbonyl (C=O) groups is 1. The Bertz CT molecular complexity index is 812. The van der Waals surface area contributed by atoms with Crippen LogP contribution in [0, 0.1) is 0 Å². The number of aromatic nitrogens is 2. The van der Waals surface area contributed by atoms with Crippen molar-refractivity contribution in [3.8, 4) is 5.75 Å². The van der Waals surface area contributed by atoms with Crippen LogP contribution in [0.15, 0.2) is 48.9 Å². The zero-order valence-electron chi connectivity index (χ0n) is 13.1. The summed E-state index contributed by atoms with van der Waals surface area (Å²) in [5, 5.41) is 1.03. The summed E-state index contributed by atoms with van der Waals surface area (Å²) in [7, 11) is 3.04. The molecule has 1 N–H and O–H groups in total. The summed E-state index contributed by atoms with van der Waals surface area (Å²) >= 11 is 0. The van der Waals surface area contributed by atoms with Gasteiger partial charge in [0.15, 0.2) is 0 Å². The molecule has 0 bridgehead atoms. The van der Waals surface area contributed by atoms with Gasteiger partial charge in [-0.25, -0.2) is 0 Å². The van der Waals surface area contributed by atoms with Crippen molar-refractivity contribution >= 4 is 16.9 Å². The van der Waals surface area contributed by atoms with E-state index in [-0.39, 0.29) is 18.3 Å². The molecule has 5 nitrogen and oxygen atoms in total. The molecule has 3 aromatic rings. The fourth-order valence-corrected chi connectivity index (χ4v) is 2.85. The third kappa shape index (κ3) is 2.90. The van der Waals surface area contributed by atoms with Crippen LogP contribution in [0.3, 0.4) is 0 Å². The van der Waals surface area contributed by atoms with Crippen LogP contribution in [0.25, 0.3) is 10.9 Å². The van der Waals surface area contributed by atoms with Gasteiger partial charge in [0.05, 0.1) is 26.2 Å². The average molecular weight is 310 g/mol. The first kappa shape index (κ1) is 15.1. The van der Waals surface area contributed by atoms with Crippen molar-refractivity contribution < 1.29 is 14.3 Å². The number of esters is 1. The Morgan fingerprint density at radius 3 is 2.83 bits per heavy atom. The number of methoxy groups -OCH3 is 2. The smallest absolute Gasteiger partial charge is 0.306 e. The van der Waals surface area contributed by atoms with Crippen LogP contribution in [0.5, 0.6) is 5.75 Å². The van der Waals surface area contributed by atoms with Crippen molar-refractivity contribution in [2.45, 2.75) is 12.3 Å². The molecule has 0 spiro atoms. The average Bonchev–Trinajstić information content (AvgIpc) is 3.04. The van der Waals surface area contributed by atoms with Gasteiger partial charge in [0.1, 0.15) is 5.75 Å². The van der Waals surface area contributed by atoms with E-state index < -0.39 is 0 Å². The van der Waals surface area contributed by atoms with Crippen LogP contribution in [0.2, 0.25) is 0 Å². The molecule has 1 aromatic carbocycles. The molecule has 0 aliphatic rings. The molecule has 0 saturated heterocycles. The van der Waals surface area contributed by atoms with Gasteiger partial charge >= 0.3 is 5.97 Å². The van der Waals surface area contributed by atoms with Crippen molar-refractivity contribution in [1.29, 1.82) is 0 Å². The molecule has 2 heterocycles. The van der Waals surface area contributed by atoms with E-state index in [1.54, 1.807) is 19.5 Å². The number of nitrogens with one attached hydrogen (secondary N) is 1. The zero-order valence-corrected chi connectivity index (χ0v) is 13.1. The summed E-state index contributed by atoms with van der Waals surface area (Å²) in [5.41, 5.74) is 2.92. The van der Waals surface area contributed by atoms with Gasteiger partial charge in [0.25, 0.3) is 0 Å². The number of hydrogen-bond donors (Lipinski definition) is 1. The molecular formula is C18H18N2O3. The van der Waals surface area contributed by atoms with E-state index in [0.717, 1.165) is 27.8 Å². The van der Waals surface area contributed by atoms with Gasteiger partial charge in [-0.15, -0.1) is 0 Å². The van der Waals surface area contributed by atoms with Crippen LogP contribution < -0.4 is 4.74 Å². The molecule has 0 amide bonds. The Kier molecular flexibility index (Phi) is 4.28. The predicted octanol–water partition coefficient (Wildman–Crippen LogP) is 3.27. The number of fused-ring (bicyclic) bond motifs is 1. The van der Waals surface area contributed by atoms with Gasteiger partial charge in [0, 0.05) is 29.9 Å². The summed E-state index contributed by atoms with van der Waals surface area (Å²) in [6, 6.07) is 9.71. The summed E-state index contributed by atoms with van der Waals surface area (Å²) in [6.45, 7) is 0. The van der Waals surface area contributed by atoms with Gasteiger partial charge in [-0.05, 0) is 23.3 Å². The lowest BCUT2D eigenvalue weighted by atomic mass is 9.89. The maximum absolute atomic E-state index is 11.9. The standard InChI is InChI=1S/C18H18N2O3/c1-22-16-7-3-6-13-15(11-20-18(13)16)14(9-17(21)23-2)12-5-4-8-19-10-12/h3-8,10-11,14,20H,9H2,1-2H3. The third-order valence-electron chi connectivity index (χ3n) is 3.99. The van der Waals surface area contributed by atoms with Crippen molar-refractivity contribution in [2.24, 2.45) is 0 Å². The lowest BCUT2D eigenvalue weighted by Crippen LogP contribution is -2.10. The lowest BCUT2D eigenvalue weighted by Gasteiger charge is -2.15. The molecule has 118 valence electrons. The largest absolute Gasteiger partial charge is 0.495 e. The van der Waals surface area contributed by atoms with Gasteiger partial charge in [-0.2, -0.15) is 0 Å². The summed E-state index contributed by atoms with van der Waals surface area (Å²) in [4.78, 5) is 19.3. The zero-order chi connectivity index (χ0) is 16.2. The SMILES string of the molecule is COC(=O)CC(c1cccnc1)c1c[nH]c2c(OC)cccc12. The maximum Gasteiger partial charge on any atom is 0.306 e. The summed E-state index contributed by atoms with van der Waals surface area (Å²) in [5.74, 6) is 0.393. The highest BCUT2D eigenvalue weighted by Crippen LogP contribution is 2.36. The fourth-order valence-electron chi connectivity index (χ4n) is 2.85. The molecular weight excluding hydrogens is 292 g/mol. The van der Waals surface area contributed by atoms with E-state index in [9.17, 15) is 4.79 Å². The minimum absolute atomic E-state index is 0.128. The topological polar surface area (TPSA) is 64.2 Å². The number of nitrogens with zero attached hydrogens (tertiary/aromatic N) is 1. The lowest BCUT2D eigenvalue weighted by molar-refractivity contribution is -0.140. The number of benzene rings is 1. The van der Waals surface area contributed by atoms with Crippen LogP contribution in [0.4, 0.5) is 0 Å². The molecule has 0 radical (unpaired) electrons. The Morgan fingerprint density at radius 2 is 2.13 bits per heavy atom. The molecule has 1 unspecified atom stereocenters. The Morgan fingerprint density at radius 1 is 1.26 bits per heavy atom. The minimum atomic E-state index is -0.254. The van der Waals surface area contributed by atoms with Crippen LogP contribution in [0.1, 0.15) is 23.5 Å². The molecule has 0 aliphatic heterocycles. The first-order chi connectivity index (χ1) is 11.2. The number of para-hydroxylation sites is 1. The number of hydrogen-bond acceptors (Lipinski definition) is 4. The van der Waals surface area contributed by atoms with E-state index in [1.807, 2.05) is 36.5 Å². The molecule has 0 saturated carbocycles. The minimum Gasteiger partial charge on any atom is -0.495 e. The number of carbonyl (C=O) groups excluding carboxylic acids is 1. The second kappa shape index (κ2) is 6.52. The van der Waals surface area contributed by atoms with E-state index >= 15 is 0 Å². The number of H-pyrrole nitrogens is 1. The third-order valence-corrected chi connectivity index (χ3v) is 3.99. The molecule has 1 atom stereocenters. The van der Waals surface area contributed by atoms with Gasteiger partial charge in [-0.3, -0.25) is 9.78 Å². The Labute approximate surface area is 134 Å². The van der Waals surface area contributed by atoms with Crippen LogP contribution in [-0.4, -0.2) is 30.2 Å². The van der Waals surface area contributed by atoms with E-state index in [1.165, 1.54) is 7.11 Å². The molecule has 5 heteroatoms. The highest BCUT2D eigenvalue weighted by atomic mass is 16.5. The first-order valence-electron chi connectivity index (χ1n) is 7.35. The first-order valence-corrected chi connectivity index (χ1v) is 7.35. The fraction of sp³-hybridized carbons (Fsp3) is 0.222. The maximum atomic E-state index is 11.9. The van der Waals surface area contributed by atoms with Gasteiger partial charge in [0.2, 0.25) is 0 Å². The summed E-state index contributed by atoms with van der Waals surface area (Å²) < 4.78 is 10.3. The van der Waals surface area contributed by atoms with E-state index in [4.69, 9.17) is 9.47 Å². The molecule has 0 fully saturated rings. The Balaban J connectivity index is 2.12. The molecule has 23 heavy (non-hydrogen) atoms. The van der Waals surface area contributed by atoms with Crippen molar-refractivity contribution in [3.63, 3.8) is 0 Å². The van der Waals surface area contributed by atoms with Crippen molar-refractivity contribution in [1.82, 2.24) is 9.97 Å². The number of aromatic amines is 1. The summed E-state index contributed by atoms with van der Waals surface area (Å²) in [6.07, 6.45) is 5.68. The number of rotatable bonds is 5. The quantitative estimate of drug-likeness (QED) is 0.735. The Hall–Kier alpha value is -2.82. The predicted molar refractivity (Wildman–Crippen MR) is 87.6 cm³/mol.